The van der Waals surface area contributed by atoms with Gasteiger partial charge in [-0.25, -0.2) is 9.13 Å². The Bertz CT molecular complexity index is 1880. The van der Waals surface area contributed by atoms with Crippen molar-refractivity contribution >= 4 is 39.5 Å². The fourth-order valence-electron chi connectivity index (χ4n) is 10.3. The number of aliphatic hydroxyl groups is 1. The van der Waals surface area contributed by atoms with Crippen LogP contribution >= 0.6 is 15.6 Å². The molecule has 0 aliphatic rings. The highest BCUT2D eigenvalue weighted by molar-refractivity contribution is 7.47. The minimum atomic E-state index is -4.96. The molecule has 0 heterocycles. The van der Waals surface area contributed by atoms with Crippen molar-refractivity contribution in [2.45, 2.75) is 356 Å². The van der Waals surface area contributed by atoms with Gasteiger partial charge in [-0.1, -0.05) is 285 Å². The number of rotatable bonds is 68. The van der Waals surface area contributed by atoms with E-state index < -0.39 is 97.5 Å². The van der Waals surface area contributed by atoms with Crippen molar-refractivity contribution in [1.82, 2.24) is 0 Å². The highest BCUT2D eigenvalue weighted by Crippen LogP contribution is 2.45. The van der Waals surface area contributed by atoms with Gasteiger partial charge in [0.1, 0.15) is 19.3 Å². The van der Waals surface area contributed by atoms with Crippen LogP contribution in [0.25, 0.3) is 0 Å². The second-order valence-electron chi connectivity index (χ2n) is 26.5. The van der Waals surface area contributed by atoms with E-state index in [0.717, 1.165) is 127 Å². The molecule has 0 fully saturated rings. The third-order valence-corrected chi connectivity index (χ3v) is 18.3. The molecule has 0 aromatic carbocycles. The number of aliphatic hydroxyl groups excluding tert-OH is 1. The van der Waals surface area contributed by atoms with Gasteiger partial charge in [0.2, 0.25) is 0 Å². The number of phosphoric acid groups is 2. The summed E-state index contributed by atoms with van der Waals surface area (Å²) in [7, 11) is -9.92. The Kier molecular flexibility index (Phi) is 60.7. The lowest BCUT2D eigenvalue weighted by atomic mass is 9.99. The summed E-state index contributed by atoms with van der Waals surface area (Å²) in [5.41, 5.74) is 0. The van der Waals surface area contributed by atoms with Crippen molar-refractivity contribution < 1.29 is 80.2 Å². The molecule has 0 aromatic rings. The molecule has 0 amide bonds. The molecule has 0 aromatic heterocycles. The fraction of sp³-hybridized carbons (Fsp3) is 0.889. The molecule has 0 aliphatic carbocycles. The van der Waals surface area contributed by atoms with E-state index in [4.69, 9.17) is 37.0 Å². The topological polar surface area (TPSA) is 237 Å². The summed E-state index contributed by atoms with van der Waals surface area (Å²) in [6.07, 6.45) is 49.4. The van der Waals surface area contributed by atoms with Crippen LogP contribution < -0.4 is 0 Å². The molecule has 0 spiro atoms. The highest BCUT2D eigenvalue weighted by Gasteiger charge is 2.30. The molecule has 3 N–H and O–H groups in total. The molecular weight excluding hydrogens is 1200 g/mol. The van der Waals surface area contributed by atoms with E-state index in [1.807, 2.05) is 0 Å². The quantitative estimate of drug-likeness (QED) is 0.0169. The monoisotopic (exact) mass is 1330 g/mol. The molecule has 19 heteroatoms. The van der Waals surface area contributed by atoms with Gasteiger partial charge in [-0.2, -0.15) is 0 Å². The number of carbonyl (C=O) groups is 4. The van der Waals surface area contributed by atoms with Gasteiger partial charge in [0, 0.05) is 25.7 Å². The number of allylic oxidation sites excluding steroid dienone is 4. The van der Waals surface area contributed by atoms with E-state index in [1.165, 1.54) is 128 Å². The van der Waals surface area contributed by atoms with Gasteiger partial charge < -0.3 is 33.8 Å². The molecule has 536 valence electrons. The van der Waals surface area contributed by atoms with Gasteiger partial charge in [-0.15, -0.1) is 0 Å². The van der Waals surface area contributed by atoms with Crippen LogP contribution in [0.2, 0.25) is 0 Å². The molecular formula is C72H136O17P2. The second-order valence-corrected chi connectivity index (χ2v) is 29.4. The number of phosphoric ester groups is 2. The summed E-state index contributed by atoms with van der Waals surface area (Å²) >= 11 is 0. The summed E-state index contributed by atoms with van der Waals surface area (Å²) < 4.78 is 68.3. The van der Waals surface area contributed by atoms with Crippen molar-refractivity contribution in [3.8, 4) is 0 Å². The van der Waals surface area contributed by atoms with Crippen LogP contribution in [0, 0.1) is 17.8 Å². The Morgan fingerprint density at radius 2 is 0.648 bits per heavy atom. The van der Waals surface area contributed by atoms with E-state index in [0.29, 0.717) is 25.7 Å². The molecule has 17 nitrogen and oxygen atoms in total. The number of ether oxygens (including phenoxy) is 4. The Morgan fingerprint density at radius 1 is 0.363 bits per heavy atom. The Hall–Kier alpha value is -2.46. The van der Waals surface area contributed by atoms with Crippen molar-refractivity contribution in [1.29, 1.82) is 0 Å². The molecule has 0 radical (unpaired) electrons. The van der Waals surface area contributed by atoms with E-state index in [2.05, 4.69) is 72.8 Å². The predicted molar refractivity (Wildman–Crippen MR) is 367 cm³/mol. The van der Waals surface area contributed by atoms with Crippen molar-refractivity contribution in [3.05, 3.63) is 24.3 Å². The predicted octanol–water partition coefficient (Wildman–Crippen LogP) is 20.2. The average molecular weight is 1340 g/mol. The Morgan fingerprint density at radius 3 is 0.978 bits per heavy atom. The van der Waals surface area contributed by atoms with Gasteiger partial charge in [0.25, 0.3) is 0 Å². The first kappa shape index (κ1) is 88.5. The highest BCUT2D eigenvalue weighted by atomic mass is 31.2. The lowest BCUT2D eigenvalue weighted by molar-refractivity contribution is -0.161. The first-order valence-corrected chi connectivity index (χ1v) is 39.7. The van der Waals surface area contributed by atoms with Crippen molar-refractivity contribution in [2.24, 2.45) is 17.8 Å². The molecule has 91 heavy (non-hydrogen) atoms. The SMILES string of the molecule is CCCCCC/C=C\C=C/CCCCCCCC(=O)OC[C@H](COP(=O)(O)OCC(O)COP(=O)(O)OC[C@@H](COC(=O)CCCCCCCCCCC(C)C)OC(=O)CCCCCCCCCCCCC(C)C)OC(=O)CCCCCCCCCCC(C)CC. The van der Waals surface area contributed by atoms with E-state index in [1.54, 1.807) is 0 Å². The molecule has 4 unspecified atom stereocenters. The van der Waals surface area contributed by atoms with Crippen molar-refractivity contribution in [3.63, 3.8) is 0 Å². The summed E-state index contributed by atoms with van der Waals surface area (Å²) in [6.45, 7) is 11.7. The number of hydrogen-bond acceptors (Lipinski definition) is 15. The largest absolute Gasteiger partial charge is 0.472 e. The Balaban J connectivity index is 5.30. The Labute approximate surface area is 554 Å². The first-order valence-electron chi connectivity index (χ1n) is 36.7. The number of unbranched alkanes of at least 4 members (excludes halogenated alkanes) is 32. The molecule has 0 aliphatic heterocycles. The van der Waals surface area contributed by atoms with Crippen LogP contribution in [0.1, 0.15) is 337 Å². The van der Waals surface area contributed by atoms with Gasteiger partial charge in [-0.3, -0.25) is 37.3 Å². The standard InChI is InChI=1S/C72H136O17P2/c1-8-10-11-12-13-14-15-16-17-18-19-23-32-39-46-53-69(74)82-59-68(89-72(77)56-49-42-35-28-26-31-38-45-52-65(7)9-2)62-87-91(80,81)85-58-66(73)57-84-90(78,79)86-61-67(60-83-70(75)54-47-40-33-27-25-30-37-44-51-64(5)6)88-71(76)55-48-41-34-24-21-20-22-29-36-43-50-63(3)4/h14-17,63-68,73H,8-13,18-62H2,1-7H3,(H,78,79)(H,80,81)/b15-14-,17-16-/t65?,66?,67-,68-/m1/s1. The van der Waals surface area contributed by atoms with Gasteiger partial charge in [-0.05, 0) is 69.1 Å². The maximum Gasteiger partial charge on any atom is 0.472 e. The lowest BCUT2D eigenvalue weighted by Gasteiger charge is -2.21. The molecule has 0 bridgehead atoms. The summed E-state index contributed by atoms with van der Waals surface area (Å²) in [4.78, 5) is 72.6. The lowest BCUT2D eigenvalue weighted by Crippen LogP contribution is -2.30. The van der Waals surface area contributed by atoms with Crippen LogP contribution in [0.15, 0.2) is 24.3 Å². The third-order valence-electron chi connectivity index (χ3n) is 16.4. The summed E-state index contributed by atoms with van der Waals surface area (Å²) in [5, 5.41) is 10.6. The molecule has 0 saturated heterocycles. The van der Waals surface area contributed by atoms with Gasteiger partial charge >= 0.3 is 39.5 Å². The zero-order valence-electron chi connectivity index (χ0n) is 58.8. The molecule has 0 saturated carbocycles. The van der Waals surface area contributed by atoms with Gasteiger partial charge in [0.05, 0.1) is 26.4 Å². The first-order chi connectivity index (χ1) is 43.8. The smallest absolute Gasteiger partial charge is 0.462 e. The van der Waals surface area contributed by atoms with Crippen LogP contribution in [-0.4, -0.2) is 96.7 Å². The zero-order valence-corrected chi connectivity index (χ0v) is 60.6. The van der Waals surface area contributed by atoms with E-state index in [9.17, 15) is 43.2 Å². The number of hydrogen-bond donors (Lipinski definition) is 3. The van der Waals surface area contributed by atoms with E-state index >= 15 is 0 Å². The maximum atomic E-state index is 13.0. The number of carbonyl (C=O) groups excluding carboxylic acids is 4. The molecule has 0 rings (SSSR count). The van der Waals surface area contributed by atoms with Crippen molar-refractivity contribution in [2.75, 3.05) is 39.6 Å². The maximum absolute atomic E-state index is 13.0. The minimum Gasteiger partial charge on any atom is -0.462 e. The minimum absolute atomic E-state index is 0.0977. The molecule has 6 atom stereocenters. The summed E-state index contributed by atoms with van der Waals surface area (Å²) in [6, 6.07) is 0. The van der Waals surface area contributed by atoms with Gasteiger partial charge in [0.15, 0.2) is 12.2 Å². The van der Waals surface area contributed by atoms with Crippen LogP contribution in [0.4, 0.5) is 0 Å². The van der Waals surface area contributed by atoms with Crippen LogP contribution in [0.3, 0.4) is 0 Å². The second kappa shape index (κ2) is 62.4. The van der Waals surface area contributed by atoms with Crippen LogP contribution in [-0.2, 0) is 65.4 Å². The van der Waals surface area contributed by atoms with Crippen LogP contribution in [0.5, 0.6) is 0 Å². The normalized spacial score (nSPS) is 14.6. The third kappa shape index (κ3) is 64.6. The zero-order chi connectivity index (χ0) is 67.3. The average Bonchev–Trinajstić information content (AvgIpc) is 3.20. The summed E-state index contributed by atoms with van der Waals surface area (Å²) in [5.74, 6) is 0.0855. The fourth-order valence-corrected chi connectivity index (χ4v) is 11.9. The number of esters is 4. The van der Waals surface area contributed by atoms with E-state index in [-0.39, 0.29) is 25.7 Å².